The molecule has 1 unspecified atom stereocenters. The largest absolute Gasteiger partial charge is 0.454 e. The predicted octanol–water partition coefficient (Wildman–Crippen LogP) is 4.58. The maximum Gasteiger partial charge on any atom is 0.273 e. The van der Waals surface area contributed by atoms with Crippen molar-refractivity contribution in [3.8, 4) is 22.1 Å². The lowest BCUT2D eigenvalue weighted by Crippen LogP contribution is -2.39. The molecule has 0 spiro atoms. The summed E-state index contributed by atoms with van der Waals surface area (Å²) in [6.45, 7) is 7.37. The van der Waals surface area contributed by atoms with E-state index >= 15 is 0 Å². The van der Waals surface area contributed by atoms with E-state index in [0.717, 1.165) is 47.9 Å². The Morgan fingerprint density at radius 2 is 2.12 bits per heavy atom. The number of aromatic nitrogens is 1. The first-order chi connectivity index (χ1) is 12.1. The van der Waals surface area contributed by atoms with Gasteiger partial charge in [0.15, 0.2) is 11.5 Å². The zero-order valence-electron chi connectivity index (χ0n) is 14.9. The van der Waals surface area contributed by atoms with Crippen LogP contribution in [0.2, 0.25) is 0 Å². The molecule has 0 fully saturated rings. The molecule has 134 valence electrons. The van der Waals surface area contributed by atoms with Crippen LogP contribution < -0.4 is 9.47 Å². The lowest BCUT2D eigenvalue weighted by Gasteiger charge is -2.27. The Morgan fingerprint density at radius 1 is 1.32 bits per heavy atom. The van der Waals surface area contributed by atoms with Crippen LogP contribution >= 0.6 is 11.3 Å². The minimum absolute atomic E-state index is 0.0195. The lowest BCUT2D eigenvalue weighted by molar-refractivity contribution is 0.0680. The third-order valence-electron chi connectivity index (χ3n) is 4.48. The van der Waals surface area contributed by atoms with Crippen LogP contribution in [0.25, 0.3) is 10.6 Å². The van der Waals surface area contributed by atoms with Crippen LogP contribution in [0.3, 0.4) is 0 Å². The molecule has 6 heteroatoms. The van der Waals surface area contributed by atoms with Crippen molar-refractivity contribution in [2.24, 2.45) is 0 Å². The molecular weight excluding hydrogens is 336 g/mol. The third kappa shape index (κ3) is 3.79. The molecule has 0 saturated heterocycles. The Labute approximate surface area is 152 Å². The van der Waals surface area contributed by atoms with Crippen molar-refractivity contribution in [3.63, 3.8) is 0 Å². The summed E-state index contributed by atoms with van der Waals surface area (Å²) < 4.78 is 10.8. The second-order valence-corrected chi connectivity index (χ2v) is 7.07. The van der Waals surface area contributed by atoms with Gasteiger partial charge in [0.05, 0.1) is 0 Å². The predicted molar refractivity (Wildman–Crippen MR) is 99.4 cm³/mol. The van der Waals surface area contributed by atoms with Gasteiger partial charge < -0.3 is 14.4 Å². The summed E-state index contributed by atoms with van der Waals surface area (Å²) >= 11 is 1.48. The number of amides is 1. The van der Waals surface area contributed by atoms with Gasteiger partial charge in [0.25, 0.3) is 5.91 Å². The summed E-state index contributed by atoms with van der Waals surface area (Å²) in [7, 11) is 0. The lowest BCUT2D eigenvalue weighted by atomic mass is 10.2. The number of rotatable bonds is 7. The van der Waals surface area contributed by atoms with Crippen molar-refractivity contribution in [2.75, 3.05) is 13.3 Å². The van der Waals surface area contributed by atoms with Crippen molar-refractivity contribution in [1.29, 1.82) is 0 Å². The maximum absolute atomic E-state index is 12.9. The minimum Gasteiger partial charge on any atom is -0.454 e. The van der Waals surface area contributed by atoms with Crippen molar-refractivity contribution in [3.05, 3.63) is 29.3 Å². The zero-order chi connectivity index (χ0) is 17.8. The van der Waals surface area contributed by atoms with Gasteiger partial charge in [-0.15, -0.1) is 11.3 Å². The first kappa shape index (κ1) is 17.7. The van der Waals surface area contributed by atoms with Crippen molar-refractivity contribution >= 4 is 17.2 Å². The van der Waals surface area contributed by atoms with Gasteiger partial charge in [0, 0.05) is 23.5 Å². The Balaban J connectivity index is 1.80. The number of carbonyl (C=O) groups excluding carboxylic acids is 1. The van der Waals surface area contributed by atoms with Gasteiger partial charge in [-0.1, -0.05) is 20.3 Å². The van der Waals surface area contributed by atoms with Gasteiger partial charge in [-0.2, -0.15) is 0 Å². The number of ether oxygens (including phenoxy) is 2. The van der Waals surface area contributed by atoms with E-state index in [0.29, 0.717) is 5.69 Å². The molecule has 5 nitrogen and oxygen atoms in total. The van der Waals surface area contributed by atoms with Crippen LogP contribution in [0.4, 0.5) is 0 Å². The van der Waals surface area contributed by atoms with E-state index in [1.54, 1.807) is 0 Å². The molecule has 0 N–H and O–H groups in total. The molecule has 0 bridgehead atoms. The van der Waals surface area contributed by atoms with Crippen LogP contribution in [0.1, 0.15) is 50.5 Å². The van der Waals surface area contributed by atoms with E-state index in [-0.39, 0.29) is 18.7 Å². The molecule has 1 aromatic heterocycles. The Morgan fingerprint density at radius 3 is 2.88 bits per heavy atom. The molecule has 1 atom stereocenters. The number of hydrogen-bond acceptors (Lipinski definition) is 5. The summed E-state index contributed by atoms with van der Waals surface area (Å²) in [5.74, 6) is 1.50. The van der Waals surface area contributed by atoms with E-state index < -0.39 is 0 Å². The van der Waals surface area contributed by atoms with E-state index in [1.807, 2.05) is 28.5 Å². The summed E-state index contributed by atoms with van der Waals surface area (Å²) in [4.78, 5) is 19.4. The monoisotopic (exact) mass is 360 g/mol. The fourth-order valence-corrected chi connectivity index (χ4v) is 3.54. The van der Waals surface area contributed by atoms with Gasteiger partial charge >= 0.3 is 0 Å². The van der Waals surface area contributed by atoms with Gasteiger partial charge in [0.1, 0.15) is 10.7 Å². The van der Waals surface area contributed by atoms with E-state index in [9.17, 15) is 4.79 Å². The van der Waals surface area contributed by atoms with Crippen LogP contribution in [0.15, 0.2) is 23.6 Å². The molecule has 2 aromatic rings. The van der Waals surface area contributed by atoms with Gasteiger partial charge in [-0.3, -0.25) is 4.79 Å². The molecular formula is C19H24N2O3S. The van der Waals surface area contributed by atoms with Crippen LogP contribution in [0, 0.1) is 0 Å². The molecule has 3 rings (SSSR count). The van der Waals surface area contributed by atoms with Crippen molar-refractivity contribution in [2.45, 2.75) is 46.1 Å². The fraction of sp³-hybridized carbons (Fsp3) is 0.474. The number of fused-ring (bicyclic) bond motifs is 1. The molecule has 0 aliphatic carbocycles. The topological polar surface area (TPSA) is 51.7 Å². The number of benzene rings is 1. The Hall–Kier alpha value is -2.08. The summed E-state index contributed by atoms with van der Waals surface area (Å²) in [5, 5.41) is 2.67. The maximum atomic E-state index is 12.9. The smallest absolute Gasteiger partial charge is 0.273 e. The van der Waals surface area contributed by atoms with Crippen molar-refractivity contribution in [1.82, 2.24) is 9.88 Å². The molecule has 1 aromatic carbocycles. The molecule has 1 aliphatic heterocycles. The number of carbonyl (C=O) groups is 1. The molecule has 25 heavy (non-hydrogen) atoms. The summed E-state index contributed by atoms with van der Waals surface area (Å²) in [6.07, 6.45) is 3.02. The van der Waals surface area contributed by atoms with E-state index in [4.69, 9.17) is 9.47 Å². The van der Waals surface area contributed by atoms with Crippen LogP contribution in [-0.4, -0.2) is 35.2 Å². The highest BCUT2D eigenvalue weighted by Crippen LogP contribution is 2.36. The number of nitrogens with zero attached hydrogens (tertiary/aromatic N) is 2. The Bertz CT molecular complexity index is 744. The minimum atomic E-state index is 0.0195. The highest BCUT2D eigenvalue weighted by atomic mass is 32.1. The standard InChI is InChI=1S/C19H24N2O3S/c1-4-6-9-21(13(3)5-2)19(22)15-11-25-18(20-15)14-7-8-16-17(10-14)24-12-23-16/h7-8,10-11,13H,4-6,9,12H2,1-3H3. The third-order valence-corrected chi connectivity index (χ3v) is 5.37. The van der Waals surface area contributed by atoms with Crippen LogP contribution in [-0.2, 0) is 0 Å². The number of thiazole rings is 1. The molecule has 1 amide bonds. The Kier molecular flexibility index (Phi) is 5.58. The first-order valence-corrected chi connectivity index (χ1v) is 9.68. The SMILES string of the molecule is CCCCN(C(=O)c1csc(-c2ccc3c(c2)OCO3)n1)C(C)CC. The number of unbranched alkanes of at least 4 members (excludes halogenated alkanes) is 1. The normalized spacial score (nSPS) is 13.7. The van der Waals surface area contributed by atoms with Crippen LogP contribution in [0.5, 0.6) is 11.5 Å². The second kappa shape index (κ2) is 7.87. The highest BCUT2D eigenvalue weighted by Gasteiger charge is 2.23. The fourth-order valence-electron chi connectivity index (χ4n) is 2.75. The molecule has 2 heterocycles. The van der Waals surface area contributed by atoms with Gasteiger partial charge in [0.2, 0.25) is 6.79 Å². The summed E-state index contributed by atoms with van der Waals surface area (Å²) in [6, 6.07) is 5.96. The highest BCUT2D eigenvalue weighted by molar-refractivity contribution is 7.13. The summed E-state index contributed by atoms with van der Waals surface area (Å²) in [5.41, 5.74) is 1.46. The van der Waals surface area contributed by atoms with Gasteiger partial charge in [-0.25, -0.2) is 4.98 Å². The van der Waals surface area contributed by atoms with E-state index in [2.05, 4.69) is 25.8 Å². The first-order valence-electron chi connectivity index (χ1n) is 8.80. The van der Waals surface area contributed by atoms with E-state index in [1.165, 1.54) is 11.3 Å². The molecule has 0 saturated carbocycles. The second-order valence-electron chi connectivity index (χ2n) is 6.22. The average molecular weight is 360 g/mol. The van der Waals surface area contributed by atoms with Gasteiger partial charge in [-0.05, 0) is 38.0 Å². The molecule has 1 aliphatic rings. The molecule has 0 radical (unpaired) electrons. The average Bonchev–Trinajstić information content (AvgIpc) is 3.30. The number of hydrogen-bond donors (Lipinski definition) is 0. The van der Waals surface area contributed by atoms with Crippen molar-refractivity contribution < 1.29 is 14.3 Å². The zero-order valence-corrected chi connectivity index (χ0v) is 15.8. The quantitative estimate of drug-likeness (QED) is 0.725.